The van der Waals surface area contributed by atoms with Crippen molar-refractivity contribution >= 4 is 30.0 Å². The molecule has 0 heterocycles. The first-order chi connectivity index (χ1) is 24.9. The Morgan fingerprint density at radius 3 is 2.13 bits per heavy atom. The van der Waals surface area contributed by atoms with Crippen LogP contribution < -0.4 is 42.2 Å². The lowest BCUT2D eigenvalue weighted by Gasteiger charge is -2.27. The number of hydrogen-bond acceptors (Lipinski definition) is 9. The van der Waals surface area contributed by atoms with Crippen LogP contribution in [-0.4, -0.2) is 94.0 Å². The van der Waals surface area contributed by atoms with Gasteiger partial charge in [0.1, 0.15) is 30.8 Å². The maximum atomic E-state index is 13.3. The summed E-state index contributed by atoms with van der Waals surface area (Å²) in [6.45, 7) is 8.35. The first kappa shape index (κ1) is 41.0. The molecule has 52 heavy (non-hydrogen) atoms. The molecule has 0 spiro atoms. The number of hydrogen-bond donors (Lipinski definition) is 6. The topological polar surface area (TPSA) is 207 Å². The maximum absolute atomic E-state index is 13.3. The smallest absolute Gasteiger partial charge is 0.251 e. The van der Waals surface area contributed by atoms with E-state index in [4.69, 9.17) is 20.9 Å². The van der Waals surface area contributed by atoms with E-state index in [1.54, 1.807) is 43.1 Å². The maximum Gasteiger partial charge on any atom is 0.251 e. The number of aryl methyl sites for hydroxylation is 2. The number of carbonyl (C=O) groups is 5. The van der Waals surface area contributed by atoms with Crippen LogP contribution in [0.4, 0.5) is 0 Å². The number of ether oxygens (including phenoxy) is 2. The molecule has 2 unspecified atom stereocenters. The molecule has 8 N–H and O–H groups in total. The lowest BCUT2D eigenvalue weighted by Crippen LogP contribution is -2.50. The van der Waals surface area contributed by atoms with Crippen molar-refractivity contribution in [3.8, 4) is 22.6 Å². The summed E-state index contributed by atoms with van der Waals surface area (Å²) < 4.78 is 12.1. The molecular weight excluding hydrogens is 666 g/mol. The lowest BCUT2D eigenvalue weighted by molar-refractivity contribution is -0.130. The largest absolute Gasteiger partial charge is 0.492 e. The molecule has 0 aliphatic rings. The first-order valence-electron chi connectivity index (χ1n) is 17.2. The summed E-state index contributed by atoms with van der Waals surface area (Å²) in [5, 5.41) is 10.5. The van der Waals surface area contributed by atoms with Gasteiger partial charge in [-0.2, -0.15) is 0 Å². The lowest BCUT2D eigenvalue weighted by atomic mass is 9.94. The van der Waals surface area contributed by atoms with Crippen LogP contribution in [0.15, 0.2) is 54.6 Å². The molecule has 0 aliphatic heterocycles. The molecule has 3 rings (SSSR count). The molecule has 0 saturated heterocycles. The van der Waals surface area contributed by atoms with Gasteiger partial charge in [-0.15, -0.1) is 0 Å². The molecule has 0 radical (unpaired) electrons. The number of rotatable bonds is 20. The zero-order valence-corrected chi connectivity index (χ0v) is 30.5. The molecule has 0 fully saturated rings. The standard InChI is InChI=1S/C38H51N7O7/c1-6-42-38(50)32(44-35(47)21-41-23-46)19-27-8-11-33(51-15-13-39)30(18-27)31-20-28(9-12-34(31)52-16-14-40)26(4)45(5)36(48)22-43-37(49)29-10-7-24(2)17-25(29)3/h7-12,17-18,20,23,26,32H,6,13-16,19,21-22,39-40H2,1-5H3,(H,41,46)(H,42,50)(H,43,49)(H,44,47). The van der Waals surface area contributed by atoms with Gasteiger partial charge in [0.05, 0.1) is 19.1 Å². The van der Waals surface area contributed by atoms with E-state index < -0.39 is 18.0 Å². The van der Waals surface area contributed by atoms with Gasteiger partial charge < -0.3 is 47.1 Å². The number of nitrogens with one attached hydrogen (secondary N) is 4. The summed E-state index contributed by atoms with van der Waals surface area (Å²) in [6.07, 6.45) is 0.536. The fourth-order valence-electron chi connectivity index (χ4n) is 5.53. The number of nitrogens with two attached hydrogens (primary N) is 2. The molecule has 3 aromatic rings. The summed E-state index contributed by atoms with van der Waals surface area (Å²) in [5.41, 5.74) is 16.7. The van der Waals surface area contributed by atoms with Gasteiger partial charge >= 0.3 is 0 Å². The van der Waals surface area contributed by atoms with Crippen LogP contribution in [0.3, 0.4) is 0 Å². The number of likely N-dealkylation sites (N-methyl/N-ethyl adjacent to an activating group) is 2. The van der Waals surface area contributed by atoms with E-state index in [-0.39, 0.29) is 63.5 Å². The Bertz CT molecular complexity index is 1710. The van der Waals surface area contributed by atoms with E-state index in [2.05, 4.69) is 21.3 Å². The fourth-order valence-corrected chi connectivity index (χ4v) is 5.53. The average molecular weight is 718 g/mol. The summed E-state index contributed by atoms with van der Waals surface area (Å²) in [6, 6.07) is 15.1. The van der Waals surface area contributed by atoms with Crippen molar-refractivity contribution in [2.75, 3.05) is 53.0 Å². The second-order valence-electron chi connectivity index (χ2n) is 12.3. The van der Waals surface area contributed by atoms with Crippen molar-refractivity contribution < 1.29 is 33.4 Å². The third kappa shape index (κ3) is 11.5. The SMILES string of the molecule is CCNC(=O)C(Cc1ccc(OCCN)c(-c2cc(C(C)N(C)C(=O)CNC(=O)c3ccc(C)cc3C)ccc2OCCN)c1)NC(=O)CNC=O. The minimum atomic E-state index is -0.932. The van der Waals surface area contributed by atoms with E-state index in [0.717, 1.165) is 16.7 Å². The van der Waals surface area contributed by atoms with Crippen LogP contribution in [0, 0.1) is 13.8 Å². The minimum absolute atomic E-state index is 0.128. The van der Waals surface area contributed by atoms with E-state index in [1.165, 1.54) is 0 Å². The van der Waals surface area contributed by atoms with Crippen molar-refractivity contribution in [3.63, 3.8) is 0 Å². The van der Waals surface area contributed by atoms with Crippen molar-refractivity contribution in [1.82, 2.24) is 26.2 Å². The summed E-state index contributed by atoms with van der Waals surface area (Å²) >= 11 is 0. The highest BCUT2D eigenvalue weighted by Crippen LogP contribution is 2.39. The van der Waals surface area contributed by atoms with Crippen molar-refractivity contribution in [1.29, 1.82) is 0 Å². The molecule has 0 saturated carbocycles. The van der Waals surface area contributed by atoms with Crippen molar-refractivity contribution in [2.24, 2.45) is 11.5 Å². The van der Waals surface area contributed by atoms with E-state index >= 15 is 0 Å². The minimum Gasteiger partial charge on any atom is -0.492 e. The van der Waals surface area contributed by atoms with Gasteiger partial charge in [0, 0.05) is 49.8 Å². The second kappa shape index (κ2) is 20.4. The third-order valence-corrected chi connectivity index (χ3v) is 8.36. The first-order valence-corrected chi connectivity index (χ1v) is 17.2. The van der Waals surface area contributed by atoms with E-state index in [0.29, 0.717) is 46.7 Å². The molecule has 0 aromatic heterocycles. The van der Waals surface area contributed by atoms with E-state index in [9.17, 15) is 24.0 Å². The highest BCUT2D eigenvalue weighted by atomic mass is 16.5. The van der Waals surface area contributed by atoms with Crippen molar-refractivity contribution in [2.45, 2.75) is 46.2 Å². The Morgan fingerprint density at radius 2 is 1.52 bits per heavy atom. The predicted octanol–water partition coefficient (Wildman–Crippen LogP) is 1.50. The van der Waals surface area contributed by atoms with Gasteiger partial charge in [-0.25, -0.2) is 0 Å². The Kier molecular flexibility index (Phi) is 16.1. The molecule has 5 amide bonds. The van der Waals surface area contributed by atoms with Gasteiger partial charge in [0.2, 0.25) is 24.1 Å². The monoisotopic (exact) mass is 717 g/mol. The molecule has 280 valence electrons. The summed E-state index contributed by atoms with van der Waals surface area (Å²) in [5.74, 6) is -0.497. The normalized spacial score (nSPS) is 11.8. The second-order valence-corrected chi connectivity index (χ2v) is 12.3. The molecular formula is C38H51N7O7. The zero-order valence-electron chi connectivity index (χ0n) is 30.5. The van der Waals surface area contributed by atoms with Gasteiger partial charge in [-0.1, -0.05) is 29.8 Å². The number of benzene rings is 3. The fraction of sp³-hybridized carbons (Fsp3) is 0.395. The Morgan fingerprint density at radius 1 is 0.865 bits per heavy atom. The van der Waals surface area contributed by atoms with Gasteiger partial charge in [-0.3, -0.25) is 24.0 Å². The summed E-state index contributed by atoms with van der Waals surface area (Å²) in [7, 11) is 1.67. The Labute approximate surface area is 305 Å². The van der Waals surface area contributed by atoms with Crippen LogP contribution in [0.2, 0.25) is 0 Å². The third-order valence-electron chi connectivity index (χ3n) is 8.36. The highest BCUT2D eigenvalue weighted by Gasteiger charge is 2.24. The average Bonchev–Trinajstić information content (AvgIpc) is 3.13. The van der Waals surface area contributed by atoms with Crippen LogP contribution in [-0.2, 0) is 25.6 Å². The van der Waals surface area contributed by atoms with E-state index in [1.807, 2.05) is 51.1 Å². The molecule has 14 heteroatoms. The number of carbonyl (C=O) groups excluding carboxylic acids is 5. The highest BCUT2D eigenvalue weighted by molar-refractivity contribution is 5.97. The van der Waals surface area contributed by atoms with Gasteiger partial charge in [0.15, 0.2) is 0 Å². The summed E-state index contributed by atoms with van der Waals surface area (Å²) in [4.78, 5) is 63.9. The molecule has 0 bridgehead atoms. The quantitative estimate of drug-likeness (QED) is 0.0936. The Balaban J connectivity index is 1.97. The number of nitrogens with zero attached hydrogens (tertiary/aromatic N) is 1. The van der Waals surface area contributed by atoms with Gasteiger partial charge in [-0.05, 0) is 74.7 Å². The molecule has 14 nitrogen and oxygen atoms in total. The van der Waals surface area contributed by atoms with Gasteiger partial charge in [0.25, 0.3) is 5.91 Å². The number of amides is 5. The van der Waals surface area contributed by atoms with Crippen molar-refractivity contribution in [3.05, 3.63) is 82.4 Å². The van der Waals surface area contributed by atoms with Crippen LogP contribution in [0.5, 0.6) is 11.5 Å². The molecule has 0 aliphatic carbocycles. The van der Waals surface area contributed by atoms with Crippen LogP contribution in [0.25, 0.3) is 11.1 Å². The van der Waals surface area contributed by atoms with Crippen LogP contribution in [0.1, 0.15) is 52.5 Å². The van der Waals surface area contributed by atoms with Crippen LogP contribution >= 0.6 is 0 Å². The Hall–Kier alpha value is -5.47. The predicted molar refractivity (Wildman–Crippen MR) is 199 cm³/mol. The molecule has 2 atom stereocenters. The molecule has 3 aromatic carbocycles. The zero-order chi connectivity index (χ0) is 38.2.